The number of ether oxygens (including phenoxy) is 2. The van der Waals surface area contributed by atoms with Gasteiger partial charge in [0.05, 0.1) is 27.7 Å². The smallest absolute Gasteiger partial charge is 0.462 e. The summed E-state index contributed by atoms with van der Waals surface area (Å²) in [6.07, 6.45) is 88.8. The predicted octanol–water partition coefficient (Wildman–Crippen LogP) is 20.0. The third-order valence-electron chi connectivity index (χ3n) is 12.6. The fourth-order valence-corrected chi connectivity index (χ4v) is 8.56. The molecule has 1 N–H and O–H groups in total. The van der Waals surface area contributed by atoms with Crippen molar-refractivity contribution in [1.82, 2.24) is 0 Å². The first-order valence-electron chi connectivity index (χ1n) is 31.2. The van der Waals surface area contributed by atoms with Crippen molar-refractivity contribution in [3.63, 3.8) is 0 Å². The van der Waals surface area contributed by atoms with Gasteiger partial charge in [-0.15, -0.1) is 0 Å². The fourth-order valence-electron chi connectivity index (χ4n) is 7.82. The highest BCUT2D eigenvalue weighted by Crippen LogP contribution is 2.43. The SMILES string of the molecule is CC/C=C\C/C=C\C/C=C\C/C=C\C/C=C\C/C=C\C/C=C\C/C=C\C/C=C\CCCCCCCCCC(=O)OC(COC(=O)CCCCCCCCCC/C=C\C/C=C\C/C=C\C/C=C\CC)COP(=O)(O)OCC[N+](C)(C)C. The van der Waals surface area contributed by atoms with Crippen LogP contribution in [0.3, 0.4) is 0 Å². The number of allylic oxidation sites excluding steroid dienone is 26. The predicted molar refractivity (Wildman–Crippen MR) is 343 cm³/mol. The van der Waals surface area contributed by atoms with E-state index in [1.807, 2.05) is 21.1 Å². The molecule has 2 atom stereocenters. The summed E-state index contributed by atoms with van der Waals surface area (Å²) in [6.45, 7) is 4.16. The first-order chi connectivity index (χ1) is 39.0. The zero-order chi connectivity index (χ0) is 58.4. The Hall–Kier alpha value is -4.37. The molecule has 9 nitrogen and oxygen atoms in total. The summed E-state index contributed by atoms with van der Waals surface area (Å²) < 4.78 is 34.6. The summed E-state index contributed by atoms with van der Waals surface area (Å²) in [5.74, 6) is -0.831. The van der Waals surface area contributed by atoms with Crippen LogP contribution >= 0.6 is 7.82 Å². The van der Waals surface area contributed by atoms with E-state index in [1.54, 1.807) is 0 Å². The van der Waals surface area contributed by atoms with Crippen molar-refractivity contribution >= 4 is 19.8 Å². The van der Waals surface area contributed by atoms with Gasteiger partial charge >= 0.3 is 19.8 Å². The number of hydrogen-bond donors (Lipinski definition) is 1. The number of quaternary nitrogens is 1. The van der Waals surface area contributed by atoms with Crippen LogP contribution in [0.25, 0.3) is 0 Å². The lowest BCUT2D eigenvalue weighted by atomic mass is 10.1. The molecule has 0 radical (unpaired) electrons. The first kappa shape index (κ1) is 75.6. The Balaban J connectivity index is 4.21. The molecule has 0 saturated carbocycles. The molecule has 0 fully saturated rings. The molecule has 0 aromatic rings. The van der Waals surface area contributed by atoms with Crippen LogP contribution in [-0.2, 0) is 32.7 Å². The van der Waals surface area contributed by atoms with E-state index in [4.69, 9.17) is 18.5 Å². The van der Waals surface area contributed by atoms with E-state index in [1.165, 1.54) is 44.9 Å². The Labute approximate surface area is 490 Å². The summed E-state index contributed by atoms with van der Waals surface area (Å²) in [4.78, 5) is 35.8. The number of hydrogen-bond acceptors (Lipinski definition) is 7. The van der Waals surface area contributed by atoms with Crippen molar-refractivity contribution in [2.24, 2.45) is 0 Å². The van der Waals surface area contributed by atoms with Gasteiger partial charge in [0.15, 0.2) is 6.10 Å². The second kappa shape index (κ2) is 59.3. The van der Waals surface area contributed by atoms with Crippen molar-refractivity contribution in [3.05, 3.63) is 158 Å². The number of unbranched alkanes of at least 4 members (excludes halogenated alkanes) is 15. The number of phosphoric acid groups is 1. The van der Waals surface area contributed by atoms with Crippen molar-refractivity contribution in [2.75, 3.05) is 47.5 Å². The molecule has 0 spiro atoms. The molecule has 0 aliphatic carbocycles. The van der Waals surface area contributed by atoms with E-state index in [0.717, 1.165) is 141 Å². The van der Waals surface area contributed by atoms with Crippen LogP contribution in [0, 0.1) is 0 Å². The molecule has 0 bridgehead atoms. The number of carbonyl (C=O) groups is 2. The Morgan fingerprint density at radius 2 is 0.675 bits per heavy atom. The molecule has 0 aromatic heterocycles. The zero-order valence-corrected chi connectivity index (χ0v) is 52.1. The summed E-state index contributed by atoms with van der Waals surface area (Å²) >= 11 is 0. The monoisotopic (exact) mass is 1130 g/mol. The number of likely N-dealkylation sites (N-methyl/N-ethyl adjacent to an activating group) is 1. The molecule has 0 rings (SSSR count). The van der Waals surface area contributed by atoms with Crippen molar-refractivity contribution < 1.29 is 42.1 Å². The van der Waals surface area contributed by atoms with Gasteiger partial charge in [0.1, 0.15) is 19.8 Å². The highest BCUT2D eigenvalue weighted by molar-refractivity contribution is 7.47. The molecule has 0 heterocycles. The number of nitrogens with zero attached hydrogens (tertiary/aromatic N) is 1. The van der Waals surface area contributed by atoms with Crippen LogP contribution < -0.4 is 0 Å². The largest absolute Gasteiger partial charge is 0.472 e. The van der Waals surface area contributed by atoms with Gasteiger partial charge in [0.2, 0.25) is 0 Å². The van der Waals surface area contributed by atoms with E-state index < -0.39 is 26.5 Å². The molecule has 452 valence electrons. The standard InChI is InChI=1S/C70H114NO8P/c1-6-8-10-12-14-16-18-20-22-24-26-28-29-30-31-32-33-34-35-36-37-38-39-40-41-43-45-47-49-51-53-55-57-59-61-63-70(73)79-68(67-78-80(74,75)77-65-64-71(3,4)5)66-76-69(72)62-60-58-56-54-52-50-48-46-44-42-27-25-23-21-19-17-15-13-11-9-7-2/h8-11,14-17,20-23,26-28,30-31,33-34,36-37,39-40,42-43,45,68H,6-7,12-13,18-19,24-25,29,32,35,38,41,44,46-67H2,1-5H3/p+1/b10-8-,11-9-,16-14-,17-15-,22-20-,23-21-,28-26-,31-30-,34-33-,37-36-,40-39-,42-27-,45-43-. The molecular formula is C70H115NO8P+. The highest BCUT2D eigenvalue weighted by Gasteiger charge is 2.27. The molecule has 0 saturated heterocycles. The molecule has 10 heteroatoms. The van der Waals surface area contributed by atoms with Crippen LogP contribution in [0.5, 0.6) is 0 Å². The Bertz CT molecular complexity index is 1900. The van der Waals surface area contributed by atoms with Crippen LogP contribution in [0.4, 0.5) is 0 Å². The highest BCUT2D eigenvalue weighted by atomic mass is 31.2. The lowest BCUT2D eigenvalue weighted by molar-refractivity contribution is -0.870. The lowest BCUT2D eigenvalue weighted by Gasteiger charge is -2.24. The average molecular weight is 1130 g/mol. The number of rotatable bonds is 55. The van der Waals surface area contributed by atoms with E-state index in [2.05, 4.69) is 172 Å². The minimum absolute atomic E-state index is 0.0189. The van der Waals surface area contributed by atoms with Crippen molar-refractivity contribution in [3.8, 4) is 0 Å². The van der Waals surface area contributed by atoms with Gasteiger partial charge in [-0.05, 0) is 122 Å². The van der Waals surface area contributed by atoms with E-state index >= 15 is 0 Å². The molecule has 0 aliphatic heterocycles. The van der Waals surface area contributed by atoms with Crippen LogP contribution in [0.2, 0.25) is 0 Å². The Morgan fingerprint density at radius 1 is 0.388 bits per heavy atom. The first-order valence-corrected chi connectivity index (χ1v) is 32.7. The van der Waals surface area contributed by atoms with Gasteiger partial charge in [0.25, 0.3) is 0 Å². The van der Waals surface area contributed by atoms with Crippen molar-refractivity contribution in [2.45, 2.75) is 225 Å². The van der Waals surface area contributed by atoms with Gasteiger partial charge in [-0.2, -0.15) is 0 Å². The average Bonchev–Trinajstić information content (AvgIpc) is 3.42. The Kier molecular flexibility index (Phi) is 56.0. The molecule has 80 heavy (non-hydrogen) atoms. The molecule has 2 unspecified atom stereocenters. The summed E-state index contributed by atoms with van der Waals surface area (Å²) in [7, 11) is 1.44. The second-order valence-corrected chi connectivity index (χ2v) is 22.8. The molecule has 0 aliphatic rings. The normalized spacial score (nSPS) is 14.3. The number of esters is 2. The van der Waals surface area contributed by atoms with Gasteiger partial charge in [0, 0.05) is 12.8 Å². The number of carbonyl (C=O) groups excluding carboxylic acids is 2. The minimum Gasteiger partial charge on any atom is -0.462 e. The zero-order valence-electron chi connectivity index (χ0n) is 51.2. The van der Waals surface area contributed by atoms with Crippen molar-refractivity contribution in [1.29, 1.82) is 0 Å². The van der Waals surface area contributed by atoms with Crippen LogP contribution in [0.1, 0.15) is 219 Å². The maximum absolute atomic E-state index is 12.8. The molecular weight excluding hydrogens is 1010 g/mol. The second-order valence-electron chi connectivity index (χ2n) is 21.3. The molecule has 0 aromatic carbocycles. The van der Waals surface area contributed by atoms with Gasteiger partial charge in [-0.25, -0.2) is 4.57 Å². The molecule has 0 amide bonds. The quantitative estimate of drug-likeness (QED) is 0.0211. The fraction of sp³-hybridized carbons (Fsp3) is 0.600. The maximum atomic E-state index is 12.8. The van der Waals surface area contributed by atoms with E-state index in [9.17, 15) is 19.0 Å². The van der Waals surface area contributed by atoms with Gasteiger partial charge < -0.3 is 18.9 Å². The lowest BCUT2D eigenvalue weighted by Crippen LogP contribution is -2.37. The van der Waals surface area contributed by atoms with Crippen LogP contribution in [-0.4, -0.2) is 74.9 Å². The maximum Gasteiger partial charge on any atom is 0.472 e. The summed E-state index contributed by atoms with van der Waals surface area (Å²) in [5.41, 5.74) is 0. The summed E-state index contributed by atoms with van der Waals surface area (Å²) in [6, 6.07) is 0. The third-order valence-corrected chi connectivity index (χ3v) is 13.5. The third kappa shape index (κ3) is 62.8. The topological polar surface area (TPSA) is 108 Å². The van der Waals surface area contributed by atoms with Gasteiger partial charge in [-0.3, -0.25) is 18.6 Å². The number of phosphoric ester groups is 1. The minimum atomic E-state index is -4.41. The van der Waals surface area contributed by atoms with E-state index in [0.29, 0.717) is 17.4 Å². The Morgan fingerprint density at radius 3 is 1.00 bits per heavy atom. The van der Waals surface area contributed by atoms with Crippen LogP contribution in [0.15, 0.2) is 158 Å². The summed E-state index contributed by atoms with van der Waals surface area (Å²) in [5, 5.41) is 0. The van der Waals surface area contributed by atoms with Gasteiger partial charge in [-0.1, -0.05) is 242 Å². The van der Waals surface area contributed by atoms with E-state index in [-0.39, 0.29) is 32.0 Å².